The quantitative estimate of drug-likeness (QED) is 0.527. The van der Waals surface area contributed by atoms with Crippen LogP contribution in [-0.4, -0.2) is 94.1 Å². The molecule has 0 spiro atoms. The number of hydrogen-bond acceptors (Lipinski definition) is 6. The first-order chi connectivity index (χ1) is 18.6. The second-order valence-electron chi connectivity index (χ2n) is 8.82. The standard InChI is InChI=1S/C21H25N3O2.2C2HF3O2/c1-26-20-9-11-24(21(25)17-7-3-2-4-8-17)19-15-23(14-18(19)20)13-16-6-5-10-22-12-16;2*3-2(4,5)1(6)7/h2-8,10,12,18-20H,9,11,13-15H2,1H3;2*(H,6,7)/t18-,19+,20+;;/m0../s1. The number of fused-ring (bicyclic) bond motifs is 1. The van der Waals surface area contributed by atoms with Gasteiger partial charge in [0.05, 0.1) is 12.1 Å². The Morgan fingerprint density at radius 1 is 0.950 bits per heavy atom. The summed E-state index contributed by atoms with van der Waals surface area (Å²) < 4.78 is 69.2. The van der Waals surface area contributed by atoms with Crippen LogP contribution in [0, 0.1) is 5.92 Å². The van der Waals surface area contributed by atoms with Crippen molar-refractivity contribution in [3.05, 3.63) is 66.0 Å². The number of piperidine rings is 1. The fraction of sp³-hybridized carbons (Fsp3) is 0.440. The van der Waals surface area contributed by atoms with E-state index < -0.39 is 24.3 Å². The molecule has 3 atom stereocenters. The molecule has 0 unspecified atom stereocenters. The Bertz CT molecular complexity index is 1090. The Labute approximate surface area is 225 Å². The summed E-state index contributed by atoms with van der Waals surface area (Å²) in [4.78, 5) is 39.6. The van der Waals surface area contributed by atoms with Crippen LogP contribution in [0.15, 0.2) is 54.9 Å². The second kappa shape index (κ2) is 14.1. The van der Waals surface area contributed by atoms with Crippen molar-refractivity contribution in [2.75, 3.05) is 26.7 Å². The Kier molecular flexibility index (Phi) is 11.4. The first kappa shape index (κ1) is 32.5. The summed E-state index contributed by atoms with van der Waals surface area (Å²) in [5, 5.41) is 14.2. The van der Waals surface area contributed by atoms with Gasteiger partial charge >= 0.3 is 24.3 Å². The second-order valence-corrected chi connectivity index (χ2v) is 8.82. The number of methoxy groups -OCH3 is 1. The Morgan fingerprint density at radius 2 is 1.52 bits per heavy atom. The van der Waals surface area contributed by atoms with Crippen LogP contribution in [0.3, 0.4) is 0 Å². The van der Waals surface area contributed by atoms with Crippen molar-refractivity contribution in [2.45, 2.75) is 37.5 Å². The van der Waals surface area contributed by atoms with Crippen molar-refractivity contribution in [2.24, 2.45) is 5.92 Å². The smallest absolute Gasteiger partial charge is 0.475 e. The van der Waals surface area contributed by atoms with Gasteiger partial charge in [-0.05, 0) is 30.2 Å². The molecule has 1 amide bonds. The SMILES string of the molecule is CO[C@@H]1CCN(C(=O)c2ccccc2)[C@@H]2CN(Cc3cccnc3)C[C@@H]21.O=C(O)C(F)(F)F.O=C(O)C(F)(F)F. The van der Waals surface area contributed by atoms with Gasteiger partial charge in [0, 0.05) is 57.2 Å². The van der Waals surface area contributed by atoms with E-state index in [0.29, 0.717) is 5.92 Å². The molecule has 1 aromatic heterocycles. The molecule has 4 rings (SSSR count). The molecular weight excluding hydrogens is 552 g/mol. The summed E-state index contributed by atoms with van der Waals surface area (Å²) in [6, 6.07) is 13.9. The molecule has 2 fully saturated rings. The summed E-state index contributed by atoms with van der Waals surface area (Å²) in [6.07, 6.45) is -5.33. The molecule has 220 valence electrons. The number of carboxylic acids is 2. The minimum Gasteiger partial charge on any atom is -0.475 e. The average Bonchev–Trinajstić information content (AvgIpc) is 3.32. The minimum absolute atomic E-state index is 0.137. The van der Waals surface area contributed by atoms with Gasteiger partial charge in [-0.2, -0.15) is 26.3 Å². The predicted molar refractivity (Wildman–Crippen MR) is 127 cm³/mol. The third-order valence-corrected chi connectivity index (χ3v) is 6.14. The Morgan fingerprint density at radius 3 is 2.00 bits per heavy atom. The molecule has 0 aliphatic carbocycles. The highest BCUT2D eigenvalue weighted by Gasteiger charge is 2.46. The van der Waals surface area contributed by atoms with Crippen LogP contribution in [0.2, 0.25) is 0 Å². The van der Waals surface area contributed by atoms with E-state index in [1.54, 1.807) is 13.3 Å². The normalized spacial score (nSPS) is 20.8. The average molecular weight is 579 g/mol. The molecule has 3 heterocycles. The van der Waals surface area contributed by atoms with E-state index in [-0.39, 0.29) is 18.1 Å². The van der Waals surface area contributed by atoms with Gasteiger partial charge in [0.2, 0.25) is 0 Å². The van der Waals surface area contributed by atoms with Crippen molar-refractivity contribution < 1.29 is 55.7 Å². The lowest BCUT2D eigenvalue weighted by molar-refractivity contribution is -0.193. The zero-order chi connectivity index (χ0) is 30.1. The zero-order valence-electron chi connectivity index (χ0n) is 21.1. The fourth-order valence-corrected chi connectivity index (χ4v) is 4.41. The van der Waals surface area contributed by atoms with Gasteiger partial charge in [0.15, 0.2) is 0 Å². The summed E-state index contributed by atoms with van der Waals surface area (Å²) >= 11 is 0. The lowest BCUT2D eigenvalue weighted by Crippen LogP contribution is -2.53. The van der Waals surface area contributed by atoms with E-state index in [1.165, 1.54) is 5.56 Å². The van der Waals surface area contributed by atoms with Crippen molar-refractivity contribution in [1.29, 1.82) is 0 Å². The van der Waals surface area contributed by atoms with Crippen molar-refractivity contribution in [1.82, 2.24) is 14.8 Å². The van der Waals surface area contributed by atoms with Crippen molar-refractivity contribution >= 4 is 17.8 Å². The number of carbonyl (C=O) groups is 3. The molecule has 2 aliphatic heterocycles. The van der Waals surface area contributed by atoms with Crippen LogP contribution in [0.25, 0.3) is 0 Å². The number of alkyl halides is 6. The van der Waals surface area contributed by atoms with Crippen LogP contribution < -0.4 is 0 Å². The molecule has 40 heavy (non-hydrogen) atoms. The third-order valence-electron chi connectivity index (χ3n) is 6.14. The number of carbonyl (C=O) groups excluding carboxylic acids is 1. The summed E-state index contributed by atoms with van der Waals surface area (Å²) in [7, 11) is 1.79. The molecule has 0 saturated carbocycles. The lowest BCUT2D eigenvalue weighted by atomic mass is 9.88. The van der Waals surface area contributed by atoms with Gasteiger partial charge in [-0.1, -0.05) is 24.3 Å². The highest BCUT2D eigenvalue weighted by molar-refractivity contribution is 5.94. The number of pyridine rings is 1. The zero-order valence-corrected chi connectivity index (χ0v) is 21.1. The summed E-state index contributed by atoms with van der Waals surface area (Å²) in [6.45, 7) is 3.47. The molecule has 15 heteroatoms. The molecule has 2 saturated heterocycles. The number of aromatic nitrogens is 1. The Hall–Kier alpha value is -3.72. The molecule has 2 aromatic rings. The van der Waals surface area contributed by atoms with Crippen LogP contribution in [0.4, 0.5) is 26.3 Å². The van der Waals surface area contributed by atoms with Gasteiger partial charge < -0.3 is 19.8 Å². The maximum atomic E-state index is 13.1. The summed E-state index contributed by atoms with van der Waals surface area (Å²) in [5.41, 5.74) is 1.98. The number of carboxylic acid groups (broad SMARTS) is 2. The van der Waals surface area contributed by atoms with E-state index in [0.717, 1.165) is 38.2 Å². The molecule has 2 aliphatic rings. The van der Waals surface area contributed by atoms with Gasteiger partial charge in [0.25, 0.3) is 5.91 Å². The number of hydrogen-bond donors (Lipinski definition) is 2. The maximum Gasteiger partial charge on any atom is 0.490 e. The number of nitrogens with zero attached hydrogens (tertiary/aromatic N) is 3. The van der Waals surface area contributed by atoms with Crippen molar-refractivity contribution in [3.8, 4) is 0 Å². The van der Waals surface area contributed by atoms with E-state index in [2.05, 4.69) is 20.9 Å². The number of likely N-dealkylation sites (tertiary alicyclic amines) is 2. The van der Waals surface area contributed by atoms with Crippen molar-refractivity contribution in [3.63, 3.8) is 0 Å². The number of ether oxygens (including phenoxy) is 1. The molecule has 0 bridgehead atoms. The van der Waals surface area contributed by atoms with Crippen LogP contribution in [0.5, 0.6) is 0 Å². The first-order valence-electron chi connectivity index (χ1n) is 11.8. The topological polar surface area (TPSA) is 120 Å². The number of amides is 1. The Balaban J connectivity index is 0.000000333. The highest BCUT2D eigenvalue weighted by Crippen LogP contribution is 2.34. The van der Waals surface area contributed by atoms with E-state index in [4.69, 9.17) is 24.5 Å². The van der Waals surface area contributed by atoms with E-state index in [9.17, 15) is 31.1 Å². The molecule has 1 aromatic carbocycles. The van der Waals surface area contributed by atoms with Crippen LogP contribution >= 0.6 is 0 Å². The van der Waals surface area contributed by atoms with Gasteiger partial charge in [-0.25, -0.2) is 9.59 Å². The predicted octanol–water partition coefficient (Wildman–Crippen LogP) is 3.71. The molecule has 2 N–H and O–H groups in total. The first-order valence-corrected chi connectivity index (χ1v) is 11.8. The van der Waals surface area contributed by atoms with E-state index in [1.807, 2.05) is 42.6 Å². The largest absolute Gasteiger partial charge is 0.490 e. The summed E-state index contributed by atoms with van der Waals surface area (Å²) in [5.74, 6) is -5.02. The number of rotatable bonds is 4. The lowest BCUT2D eigenvalue weighted by Gasteiger charge is -2.41. The number of benzene rings is 1. The highest BCUT2D eigenvalue weighted by atomic mass is 19.4. The molecule has 0 radical (unpaired) electrons. The molecule has 9 nitrogen and oxygen atoms in total. The number of halogens is 6. The third kappa shape index (κ3) is 9.48. The fourth-order valence-electron chi connectivity index (χ4n) is 4.41. The molecular formula is C25H27F6N3O6. The minimum atomic E-state index is -5.08. The van der Waals surface area contributed by atoms with Crippen LogP contribution in [-0.2, 0) is 20.9 Å². The van der Waals surface area contributed by atoms with Gasteiger partial charge in [-0.15, -0.1) is 0 Å². The van der Waals surface area contributed by atoms with Crippen LogP contribution in [0.1, 0.15) is 22.3 Å². The monoisotopic (exact) mass is 579 g/mol. The van der Waals surface area contributed by atoms with E-state index >= 15 is 0 Å². The van der Waals surface area contributed by atoms with Gasteiger partial charge in [0.1, 0.15) is 0 Å². The maximum absolute atomic E-state index is 13.1. The number of aliphatic carboxylic acids is 2. The van der Waals surface area contributed by atoms with Gasteiger partial charge in [-0.3, -0.25) is 14.7 Å².